The Hall–Kier alpha value is -1.69. The SMILES string of the molecule is CC(C)(C)c1ncc(NC(=O)c2ccc(Br)o2)cn1. The molecule has 0 saturated carbocycles. The number of carbonyl (C=O) groups excluding carboxylic acids is 1. The smallest absolute Gasteiger partial charge is 0.291 e. The van der Waals surface area contributed by atoms with E-state index in [1.807, 2.05) is 20.8 Å². The maximum Gasteiger partial charge on any atom is 0.291 e. The summed E-state index contributed by atoms with van der Waals surface area (Å²) in [5.41, 5.74) is 0.416. The summed E-state index contributed by atoms with van der Waals surface area (Å²) in [6.07, 6.45) is 3.17. The molecule has 5 nitrogen and oxygen atoms in total. The molecule has 0 aromatic carbocycles. The molecule has 1 amide bonds. The highest BCUT2D eigenvalue weighted by Crippen LogP contribution is 2.19. The molecule has 0 aliphatic heterocycles. The fourth-order valence-corrected chi connectivity index (χ4v) is 1.72. The van der Waals surface area contributed by atoms with Crippen molar-refractivity contribution in [3.8, 4) is 0 Å². The maximum absolute atomic E-state index is 11.8. The van der Waals surface area contributed by atoms with E-state index in [2.05, 4.69) is 31.2 Å². The van der Waals surface area contributed by atoms with Crippen LogP contribution in [-0.4, -0.2) is 15.9 Å². The van der Waals surface area contributed by atoms with Crippen molar-refractivity contribution in [3.05, 3.63) is 40.8 Å². The molecule has 0 radical (unpaired) electrons. The highest BCUT2D eigenvalue weighted by Gasteiger charge is 2.17. The van der Waals surface area contributed by atoms with Gasteiger partial charge in [0, 0.05) is 5.41 Å². The summed E-state index contributed by atoms with van der Waals surface area (Å²) in [4.78, 5) is 20.3. The largest absolute Gasteiger partial charge is 0.444 e. The van der Waals surface area contributed by atoms with Crippen LogP contribution < -0.4 is 5.32 Å². The summed E-state index contributed by atoms with van der Waals surface area (Å²) >= 11 is 3.15. The van der Waals surface area contributed by atoms with Gasteiger partial charge in [-0.15, -0.1) is 0 Å². The second-order valence-electron chi connectivity index (χ2n) is 5.10. The van der Waals surface area contributed by atoms with Crippen LogP contribution >= 0.6 is 15.9 Å². The van der Waals surface area contributed by atoms with Crippen molar-refractivity contribution in [3.63, 3.8) is 0 Å². The van der Waals surface area contributed by atoms with E-state index in [1.165, 1.54) is 0 Å². The summed E-state index contributed by atoms with van der Waals surface area (Å²) in [7, 11) is 0. The van der Waals surface area contributed by atoms with Crippen LogP contribution in [0.15, 0.2) is 33.6 Å². The lowest BCUT2D eigenvalue weighted by molar-refractivity contribution is 0.0995. The molecule has 1 N–H and O–H groups in total. The molecule has 0 atom stereocenters. The van der Waals surface area contributed by atoms with Crippen LogP contribution in [0, 0.1) is 0 Å². The Morgan fingerprint density at radius 3 is 2.37 bits per heavy atom. The Labute approximate surface area is 119 Å². The molecule has 2 aromatic heterocycles. The van der Waals surface area contributed by atoms with E-state index in [0.717, 1.165) is 5.82 Å². The quantitative estimate of drug-likeness (QED) is 0.919. The summed E-state index contributed by atoms with van der Waals surface area (Å²) < 4.78 is 5.67. The van der Waals surface area contributed by atoms with Crippen LogP contribution in [0.25, 0.3) is 0 Å². The standard InChI is InChI=1S/C13H14BrN3O2/c1-13(2,3)12-15-6-8(7-16-12)17-11(18)9-4-5-10(14)19-9/h4-7H,1-3H3,(H,17,18). The number of furan rings is 1. The van der Waals surface area contributed by atoms with E-state index in [1.54, 1.807) is 24.5 Å². The van der Waals surface area contributed by atoms with Gasteiger partial charge < -0.3 is 9.73 Å². The third-order valence-corrected chi connectivity index (χ3v) is 2.80. The average molecular weight is 324 g/mol. The lowest BCUT2D eigenvalue weighted by atomic mass is 9.96. The molecule has 0 fully saturated rings. The first-order valence-electron chi connectivity index (χ1n) is 5.75. The first kappa shape index (κ1) is 13.7. The van der Waals surface area contributed by atoms with Crippen LogP contribution in [-0.2, 0) is 5.41 Å². The molecule has 0 bridgehead atoms. The lowest BCUT2D eigenvalue weighted by Gasteiger charge is -2.16. The third-order valence-electron chi connectivity index (χ3n) is 2.38. The fourth-order valence-electron chi connectivity index (χ4n) is 1.41. The van der Waals surface area contributed by atoms with Crippen LogP contribution in [0.2, 0.25) is 0 Å². The summed E-state index contributed by atoms with van der Waals surface area (Å²) in [5.74, 6) is 0.621. The van der Waals surface area contributed by atoms with Gasteiger partial charge in [0.15, 0.2) is 10.4 Å². The molecular formula is C13H14BrN3O2. The number of aromatic nitrogens is 2. The van der Waals surface area contributed by atoms with Crippen molar-refractivity contribution >= 4 is 27.5 Å². The molecule has 100 valence electrons. The van der Waals surface area contributed by atoms with E-state index >= 15 is 0 Å². The van der Waals surface area contributed by atoms with Crippen LogP contribution in [0.1, 0.15) is 37.2 Å². The topological polar surface area (TPSA) is 68.0 Å². The van der Waals surface area contributed by atoms with E-state index in [0.29, 0.717) is 10.4 Å². The van der Waals surface area contributed by atoms with Crippen molar-refractivity contribution in [1.82, 2.24) is 9.97 Å². The minimum atomic E-state index is -0.335. The second kappa shape index (κ2) is 5.13. The minimum absolute atomic E-state index is 0.117. The van der Waals surface area contributed by atoms with Crippen molar-refractivity contribution < 1.29 is 9.21 Å². The molecular weight excluding hydrogens is 310 g/mol. The predicted octanol–water partition coefficient (Wildman–Crippen LogP) is 3.38. The third kappa shape index (κ3) is 3.41. The number of nitrogens with zero attached hydrogens (tertiary/aromatic N) is 2. The highest BCUT2D eigenvalue weighted by molar-refractivity contribution is 9.10. The van der Waals surface area contributed by atoms with E-state index in [9.17, 15) is 4.79 Å². The Morgan fingerprint density at radius 1 is 1.26 bits per heavy atom. The second-order valence-corrected chi connectivity index (χ2v) is 5.88. The zero-order valence-corrected chi connectivity index (χ0v) is 12.5. The highest BCUT2D eigenvalue weighted by atomic mass is 79.9. The van der Waals surface area contributed by atoms with E-state index < -0.39 is 0 Å². The molecule has 2 rings (SSSR count). The number of anilines is 1. The van der Waals surface area contributed by atoms with Crippen LogP contribution in [0.4, 0.5) is 5.69 Å². The van der Waals surface area contributed by atoms with Crippen molar-refractivity contribution in [1.29, 1.82) is 0 Å². The van der Waals surface area contributed by atoms with E-state index in [4.69, 9.17) is 4.42 Å². The number of nitrogens with one attached hydrogen (secondary N) is 1. The van der Waals surface area contributed by atoms with Gasteiger partial charge in [0.2, 0.25) is 0 Å². The monoisotopic (exact) mass is 323 g/mol. The van der Waals surface area contributed by atoms with Gasteiger partial charge in [-0.3, -0.25) is 4.79 Å². The maximum atomic E-state index is 11.8. The molecule has 6 heteroatoms. The van der Waals surface area contributed by atoms with Crippen molar-refractivity contribution in [2.24, 2.45) is 0 Å². The first-order chi connectivity index (χ1) is 8.86. The molecule has 0 spiro atoms. The van der Waals surface area contributed by atoms with Gasteiger partial charge in [-0.25, -0.2) is 9.97 Å². The van der Waals surface area contributed by atoms with Gasteiger partial charge in [0.05, 0.1) is 18.1 Å². The molecule has 0 aliphatic carbocycles. The molecule has 0 saturated heterocycles. The predicted molar refractivity (Wildman–Crippen MR) is 75.1 cm³/mol. The number of halogens is 1. The molecule has 0 aliphatic rings. The zero-order chi connectivity index (χ0) is 14.0. The molecule has 2 aromatic rings. The molecule has 2 heterocycles. The van der Waals surface area contributed by atoms with E-state index in [-0.39, 0.29) is 17.1 Å². The number of hydrogen-bond acceptors (Lipinski definition) is 4. The van der Waals surface area contributed by atoms with Crippen molar-refractivity contribution in [2.45, 2.75) is 26.2 Å². The Kier molecular flexibility index (Phi) is 3.71. The van der Waals surface area contributed by atoms with Crippen LogP contribution in [0.5, 0.6) is 0 Å². The Balaban J connectivity index is 2.10. The number of amides is 1. The van der Waals surface area contributed by atoms with Gasteiger partial charge in [-0.2, -0.15) is 0 Å². The normalized spacial score (nSPS) is 11.4. The number of hydrogen-bond donors (Lipinski definition) is 1. The van der Waals surface area contributed by atoms with Gasteiger partial charge in [-0.1, -0.05) is 20.8 Å². The van der Waals surface area contributed by atoms with Gasteiger partial charge in [0.25, 0.3) is 5.91 Å². The summed E-state index contributed by atoms with van der Waals surface area (Å²) in [6.45, 7) is 6.09. The lowest BCUT2D eigenvalue weighted by Crippen LogP contribution is -2.17. The zero-order valence-electron chi connectivity index (χ0n) is 10.9. The fraction of sp³-hybridized carbons (Fsp3) is 0.308. The van der Waals surface area contributed by atoms with Crippen LogP contribution in [0.3, 0.4) is 0 Å². The number of carbonyl (C=O) groups is 1. The van der Waals surface area contributed by atoms with Gasteiger partial charge >= 0.3 is 0 Å². The minimum Gasteiger partial charge on any atom is -0.444 e. The molecule has 0 unspecified atom stereocenters. The Morgan fingerprint density at radius 2 is 1.89 bits per heavy atom. The first-order valence-corrected chi connectivity index (χ1v) is 6.55. The van der Waals surface area contributed by atoms with Gasteiger partial charge in [-0.05, 0) is 28.1 Å². The van der Waals surface area contributed by atoms with Gasteiger partial charge in [0.1, 0.15) is 5.82 Å². The average Bonchev–Trinajstić information content (AvgIpc) is 2.75. The summed E-state index contributed by atoms with van der Waals surface area (Å²) in [6, 6.07) is 3.25. The Bertz CT molecular complexity index is 585. The number of rotatable bonds is 2. The summed E-state index contributed by atoms with van der Waals surface area (Å²) in [5, 5.41) is 2.67. The molecule has 19 heavy (non-hydrogen) atoms. The van der Waals surface area contributed by atoms with Crippen molar-refractivity contribution in [2.75, 3.05) is 5.32 Å².